The maximum absolute atomic E-state index is 13.9. The van der Waals surface area contributed by atoms with E-state index in [-0.39, 0.29) is 23.7 Å². The highest BCUT2D eigenvalue weighted by atomic mass is 79.9. The van der Waals surface area contributed by atoms with Gasteiger partial charge in [-0.15, -0.1) is 0 Å². The van der Waals surface area contributed by atoms with Gasteiger partial charge in [0.05, 0.1) is 22.2 Å². The highest BCUT2D eigenvalue weighted by molar-refractivity contribution is 9.10. The van der Waals surface area contributed by atoms with Crippen LogP contribution >= 0.6 is 15.9 Å². The number of hydrogen-bond acceptors (Lipinski definition) is 2. The van der Waals surface area contributed by atoms with Crippen molar-refractivity contribution in [3.05, 3.63) is 34.1 Å². The Labute approximate surface area is 113 Å². The second-order valence-corrected chi connectivity index (χ2v) is 5.62. The zero-order valence-electron chi connectivity index (χ0n) is 9.73. The highest BCUT2D eigenvalue weighted by Crippen LogP contribution is 2.28. The molecule has 1 aromatic carbocycles. The zero-order chi connectivity index (χ0) is 12.7. The van der Waals surface area contributed by atoms with Gasteiger partial charge in [-0.25, -0.2) is 4.39 Å². The molecule has 5 heteroatoms. The first kappa shape index (κ1) is 12.1. The minimum atomic E-state index is -0.485. The monoisotopic (exact) mass is 313 g/mol. The lowest BCUT2D eigenvalue weighted by Gasteiger charge is -2.32. The number of rotatable bonds is 1. The van der Waals surface area contributed by atoms with Gasteiger partial charge in [-0.3, -0.25) is 4.79 Å². The predicted molar refractivity (Wildman–Crippen MR) is 67.9 cm³/mol. The van der Waals surface area contributed by atoms with E-state index in [0.717, 1.165) is 12.8 Å². The van der Waals surface area contributed by atoms with E-state index in [1.54, 1.807) is 17.0 Å². The number of amides is 1. The van der Waals surface area contributed by atoms with Crippen LogP contribution < -0.4 is 0 Å². The van der Waals surface area contributed by atoms with Gasteiger partial charge in [0, 0.05) is 13.1 Å². The van der Waals surface area contributed by atoms with Crippen LogP contribution in [0.25, 0.3) is 0 Å². The average molecular weight is 314 g/mol. The molecule has 1 aromatic rings. The maximum Gasteiger partial charge on any atom is 0.257 e. The molecule has 96 valence electrons. The van der Waals surface area contributed by atoms with E-state index in [2.05, 4.69) is 15.9 Å². The van der Waals surface area contributed by atoms with Gasteiger partial charge in [0.25, 0.3) is 5.91 Å². The van der Waals surface area contributed by atoms with Crippen molar-refractivity contribution < 1.29 is 13.9 Å². The minimum absolute atomic E-state index is 0.128. The second-order valence-electron chi connectivity index (χ2n) is 4.77. The summed E-state index contributed by atoms with van der Waals surface area (Å²) in [5.41, 5.74) is 0.130. The van der Waals surface area contributed by atoms with E-state index in [9.17, 15) is 9.18 Å². The molecule has 2 heterocycles. The van der Waals surface area contributed by atoms with E-state index in [0.29, 0.717) is 17.6 Å². The van der Waals surface area contributed by atoms with Crippen LogP contribution in [0.1, 0.15) is 23.2 Å². The molecular weight excluding hydrogens is 301 g/mol. The summed E-state index contributed by atoms with van der Waals surface area (Å²) in [5.74, 6) is -0.727. The smallest absolute Gasteiger partial charge is 0.257 e. The van der Waals surface area contributed by atoms with Crippen LogP contribution in [0.2, 0.25) is 0 Å². The molecule has 0 radical (unpaired) electrons. The van der Waals surface area contributed by atoms with Gasteiger partial charge in [0.2, 0.25) is 0 Å². The fourth-order valence-electron chi connectivity index (χ4n) is 2.62. The van der Waals surface area contributed by atoms with E-state index < -0.39 is 5.82 Å². The number of ether oxygens (including phenoxy) is 1. The quantitative estimate of drug-likeness (QED) is 0.797. The van der Waals surface area contributed by atoms with Crippen molar-refractivity contribution in [3.63, 3.8) is 0 Å². The standard InChI is InChI=1S/C13H13BrFNO2/c14-11-3-1-2-10(12(11)15)13(17)16-6-8-4-5-9(7-16)18-8/h1-3,8-9H,4-7H2. The lowest BCUT2D eigenvalue weighted by molar-refractivity contribution is -0.0304. The summed E-state index contributed by atoms with van der Waals surface area (Å²) in [4.78, 5) is 14.0. The van der Waals surface area contributed by atoms with Crippen molar-refractivity contribution in [2.24, 2.45) is 0 Å². The first-order chi connectivity index (χ1) is 8.65. The molecule has 2 aliphatic rings. The number of hydrogen-bond donors (Lipinski definition) is 0. The Kier molecular flexibility index (Phi) is 3.11. The van der Waals surface area contributed by atoms with Gasteiger partial charge in [-0.05, 0) is 40.9 Å². The second kappa shape index (κ2) is 4.63. The summed E-state index contributed by atoms with van der Waals surface area (Å²) >= 11 is 3.10. The van der Waals surface area contributed by atoms with Gasteiger partial charge in [0.1, 0.15) is 5.82 Å². The van der Waals surface area contributed by atoms with Crippen LogP contribution in [0, 0.1) is 5.82 Å². The Hall–Kier alpha value is -0.940. The Bertz CT molecular complexity index is 482. The van der Waals surface area contributed by atoms with Crippen molar-refractivity contribution in [3.8, 4) is 0 Å². The van der Waals surface area contributed by atoms with Gasteiger partial charge in [-0.2, -0.15) is 0 Å². The third-order valence-electron chi connectivity index (χ3n) is 3.51. The fourth-order valence-corrected chi connectivity index (χ4v) is 2.99. The number of carbonyl (C=O) groups excluding carboxylic acids is 1. The lowest BCUT2D eigenvalue weighted by Crippen LogP contribution is -2.46. The average Bonchev–Trinajstić information content (AvgIpc) is 2.71. The van der Waals surface area contributed by atoms with Crippen LogP contribution in [0.5, 0.6) is 0 Å². The van der Waals surface area contributed by atoms with Crippen LogP contribution in [0.3, 0.4) is 0 Å². The molecule has 0 aromatic heterocycles. The van der Waals surface area contributed by atoms with Gasteiger partial charge >= 0.3 is 0 Å². The van der Waals surface area contributed by atoms with Crippen molar-refractivity contribution in [1.29, 1.82) is 0 Å². The van der Waals surface area contributed by atoms with E-state index in [4.69, 9.17) is 4.74 Å². The summed E-state index contributed by atoms with van der Waals surface area (Å²) < 4.78 is 19.9. The van der Waals surface area contributed by atoms with Gasteiger partial charge in [-0.1, -0.05) is 6.07 Å². The number of nitrogens with zero attached hydrogens (tertiary/aromatic N) is 1. The molecule has 0 aliphatic carbocycles. The summed E-state index contributed by atoms with van der Waals surface area (Å²) in [7, 11) is 0. The zero-order valence-corrected chi connectivity index (χ0v) is 11.3. The fraction of sp³-hybridized carbons (Fsp3) is 0.462. The van der Waals surface area contributed by atoms with E-state index in [1.165, 1.54) is 6.07 Å². The Morgan fingerprint density at radius 2 is 2.00 bits per heavy atom. The molecule has 2 fully saturated rings. The van der Waals surface area contributed by atoms with Crippen LogP contribution in [-0.4, -0.2) is 36.1 Å². The molecule has 3 rings (SSSR count). The SMILES string of the molecule is O=C(c1cccc(Br)c1F)N1CC2CCC(C1)O2. The van der Waals surface area contributed by atoms with E-state index in [1.807, 2.05) is 0 Å². The number of likely N-dealkylation sites (tertiary alicyclic amines) is 1. The Balaban J connectivity index is 1.84. The molecule has 2 atom stereocenters. The predicted octanol–water partition coefficient (Wildman–Crippen LogP) is 2.59. The van der Waals surface area contributed by atoms with E-state index >= 15 is 0 Å². The molecule has 1 amide bonds. The summed E-state index contributed by atoms with van der Waals surface area (Å²) in [5, 5.41) is 0. The number of carbonyl (C=O) groups is 1. The van der Waals surface area contributed by atoms with Crippen molar-refractivity contribution >= 4 is 21.8 Å². The lowest BCUT2D eigenvalue weighted by atomic mass is 10.1. The summed E-state index contributed by atoms with van der Waals surface area (Å²) in [6.45, 7) is 1.14. The van der Waals surface area contributed by atoms with Gasteiger partial charge in [0.15, 0.2) is 0 Å². The largest absolute Gasteiger partial charge is 0.371 e. The molecule has 2 unspecified atom stereocenters. The van der Waals surface area contributed by atoms with Crippen LogP contribution in [0.15, 0.2) is 22.7 Å². The summed E-state index contributed by atoms with van der Waals surface area (Å²) in [6.07, 6.45) is 2.25. The minimum Gasteiger partial charge on any atom is -0.371 e. The molecule has 3 nitrogen and oxygen atoms in total. The number of benzene rings is 1. The third kappa shape index (κ3) is 2.06. The molecule has 0 spiro atoms. The molecule has 2 aliphatic heterocycles. The number of morpholine rings is 1. The maximum atomic E-state index is 13.9. The topological polar surface area (TPSA) is 29.5 Å². The normalized spacial score (nSPS) is 26.4. The third-order valence-corrected chi connectivity index (χ3v) is 4.13. The van der Waals surface area contributed by atoms with Crippen molar-refractivity contribution in [2.45, 2.75) is 25.0 Å². The van der Waals surface area contributed by atoms with Crippen molar-refractivity contribution in [1.82, 2.24) is 4.90 Å². The first-order valence-electron chi connectivity index (χ1n) is 6.04. The van der Waals surface area contributed by atoms with Gasteiger partial charge < -0.3 is 9.64 Å². The number of halogens is 2. The molecular formula is C13H13BrFNO2. The van der Waals surface area contributed by atoms with Crippen LogP contribution in [-0.2, 0) is 4.74 Å². The molecule has 18 heavy (non-hydrogen) atoms. The highest BCUT2D eigenvalue weighted by Gasteiger charge is 2.36. The summed E-state index contributed by atoms with van der Waals surface area (Å²) in [6, 6.07) is 4.80. The number of fused-ring (bicyclic) bond motifs is 2. The molecule has 0 saturated carbocycles. The Morgan fingerprint density at radius 3 is 2.67 bits per heavy atom. The Morgan fingerprint density at radius 1 is 1.33 bits per heavy atom. The molecule has 2 bridgehead atoms. The van der Waals surface area contributed by atoms with Crippen LogP contribution in [0.4, 0.5) is 4.39 Å². The first-order valence-corrected chi connectivity index (χ1v) is 6.83. The van der Waals surface area contributed by atoms with Crippen molar-refractivity contribution in [2.75, 3.05) is 13.1 Å². The molecule has 0 N–H and O–H groups in total. The molecule has 2 saturated heterocycles.